The zero-order valence-electron chi connectivity index (χ0n) is 9.31. The molecule has 1 saturated heterocycles. The molecule has 0 radical (unpaired) electrons. The second kappa shape index (κ2) is 4.93. The first-order valence-corrected chi connectivity index (χ1v) is 6.05. The standard InChI is InChI=1S/C11H12Cl2N2O3/c12-6-1-5(2-7(13)10(6)14)11(18)15-3-8(16)9(17)4-15/h1-2,8-9,16-17H,3-4,14H2/t8-,9+. The fraction of sp³-hybridized carbons (Fsp3) is 0.364. The zero-order valence-corrected chi connectivity index (χ0v) is 10.8. The number of β-amino-alcohol motifs (C(OH)–C–C–N with tert-alkyl or cyclic N) is 2. The molecule has 1 aliphatic rings. The summed E-state index contributed by atoms with van der Waals surface area (Å²) in [5.41, 5.74) is 6.08. The van der Waals surface area contributed by atoms with Crippen molar-refractivity contribution in [1.82, 2.24) is 4.90 Å². The number of nitrogen functional groups attached to an aromatic ring is 1. The van der Waals surface area contributed by atoms with Gasteiger partial charge in [-0.25, -0.2) is 0 Å². The number of carbonyl (C=O) groups excluding carboxylic acids is 1. The van der Waals surface area contributed by atoms with E-state index >= 15 is 0 Å². The lowest BCUT2D eigenvalue weighted by atomic mass is 10.2. The van der Waals surface area contributed by atoms with Gasteiger partial charge in [-0.15, -0.1) is 0 Å². The van der Waals surface area contributed by atoms with E-state index in [1.165, 1.54) is 17.0 Å². The van der Waals surface area contributed by atoms with Gasteiger partial charge in [0.2, 0.25) is 0 Å². The van der Waals surface area contributed by atoms with Gasteiger partial charge in [-0.1, -0.05) is 23.2 Å². The van der Waals surface area contributed by atoms with Crippen LogP contribution in [0.5, 0.6) is 0 Å². The molecule has 1 amide bonds. The quantitative estimate of drug-likeness (QED) is 0.666. The summed E-state index contributed by atoms with van der Waals surface area (Å²) >= 11 is 11.7. The first kappa shape index (κ1) is 13.4. The monoisotopic (exact) mass is 290 g/mol. The maximum absolute atomic E-state index is 12.1. The maximum Gasteiger partial charge on any atom is 0.254 e. The molecule has 1 fully saturated rings. The first-order chi connectivity index (χ1) is 8.40. The van der Waals surface area contributed by atoms with Gasteiger partial charge in [0.15, 0.2) is 0 Å². The van der Waals surface area contributed by atoms with Crippen molar-refractivity contribution >= 4 is 34.8 Å². The lowest BCUT2D eigenvalue weighted by molar-refractivity contribution is 0.0572. The van der Waals surface area contributed by atoms with E-state index in [4.69, 9.17) is 28.9 Å². The van der Waals surface area contributed by atoms with Crippen molar-refractivity contribution in [3.05, 3.63) is 27.7 Å². The van der Waals surface area contributed by atoms with Gasteiger partial charge < -0.3 is 20.8 Å². The normalized spacial score (nSPS) is 23.4. The predicted molar refractivity (Wildman–Crippen MR) is 68.8 cm³/mol. The Morgan fingerprint density at radius 1 is 1.22 bits per heavy atom. The van der Waals surface area contributed by atoms with Crippen LogP contribution in [-0.4, -0.2) is 46.3 Å². The molecule has 2 rings (SSSR count). The lowest BCUT2D eigenvalue weighted by Crippen LogP contribution is -2.29. The molecule has 5 nitrogen and oxygen atoms in total. The van der Waals surface area contributed by atoms with Crippen LogP contribution >= 0.6 is 23.2 Å². The Kier molecular flexibility index (Phi) is 3.68. The van der Waals surface area contributed by atoms with Gasteiger partial charge in [0.05, 0.1) is 27.9 Å². The molecule has 1 aliphatic heterocycles. The second-order valence-electron chi connectivity index (χ2n) is 4.20. The van der Waals surface area contributed by atoms with E-state index in [1.54, 1.807) is 0 Å². The maximum atomic E-state index is 12.1. The van der Waals surface area contributed by atoms with Crippen LogP contribution in [0.15, 0.2) is 12.1 Å². The van der Waals surface area contributed by atoms with Crippen LogP contribution in [0.4, 0.5) is 5.69 Å². The fourth-order valence-electron chi connectivity index (χ4n) is 1.83. The lowest BCUT2D eigenvalue weighted by Gasteiger charge is -2.16. The largest absolute Gasteiger partial charge is 0.396 e. The number of nitrogens with two attached hydrogens (primary N) is 1. The van der Waals surface area contributed by atoms with E-state index in [1.807, 2.05) is 0 Å². The van der Waals surface area contributed by atoms with Gasteiger partial charge in [0, 0.05) is 18.7 Å². The van der Waals surface area contributed by atoms with Crippen LogP contribution in [0, 0.1) is 0 Å². The van der Waals surface area contributed by atoms with E-state index < -0.39 is 12.2 Å². The Balaban J connectivity index is 2.25. The molecule has 0 bridgehead atoms. The summed E-state index contributed by atoms with van der Waals surface area (Å²) in [5, 5.41) is 19.2. The molecule has 4 N–H and O–H groups in total. The minimum Gasteiger partial charge on any atom is -0.396 e. The highest BCUT2D eigenvalue weighted by atomic mass is 35.5. The van der Waals surface area contributed by atoms with Gasteiger partial charge in [-0.05, 0) is 12.1 Å². The molecule has 1 heterocycles. The van der Waals surface area contributed by atoms with E-state index in [9.17, 15) is 15.0 Å². The molecule has 0 aromatic heterocycles. The topological polar surface area (TPSA) is 86.8 Å². The average molecular weight is 291 g/mol. The Morgan fingerprint density at radius 2 is 1.67 bits per heavy atom. The zero-order chi connectivity index (χ0) is 13.4. The SMILES string of the molecule is Nc1c(Cl)cc(C(=O)N2C[C@@H](O)[C@@H](O)C2)cc1Cl. The number of hydrogen-bond acceptors (Lipinski definition) is 4. The second-order valence-corrected chi connectivity index (χ2v) is 5.01. The summed E-state index contributed by atoms with van der Waals surface area (Å²) in [7, 11) is 0. The Hall–Kier alpha value is -1.01. The van der Waals surface area contributed by atoms with Crippen molar-refractivity contribution in [1.29, 1.82) is 0 Å². The highest BCUT2D eigenvalue weighted by Crippen LogP contribution is 2.29. The van der Waals surface area contributed by atoms with Crippen molar-refractivity contribution in [3.63, 3.8) is 0 Å². The van der Waals surface area contributed by atoms with Crippen LogP contribution in [0.3, 0.4) is 0 Å². The molecule has 7 heteroatoms. The number of benzene rings is 1. The Morgan fingerprint density at radius 3 is 2.11 bits per heavy atom. The summed E-state index contributed by atoms with van der Waals surface area (Å²) < 4.78 is 0. The molecule has 1 aromatic carbocycles. The molecule has 0 unspecified atom stereocenters. The van der Waals surface area contributed by atoms with Crippen molar-refractivity contribution in [2.45, 2.75) is 12.2 Å². The van der Waals surface area contributed by atoms with Gasteiger partial charge >= 0.3 is 0 Å². The number of anilines is 1. The highest BCUT2D eigenvalue weighted by Gasteiger charge is 2.33. The van der Waals surface area contributed by atoms with E-state index in [-0.39, 0.29) is 40.3 Å². The Labute approximate surface area is 114 Å². The average Bonchev–Trinajstić information content (AvgIpc) is 2.65. The van der Waals surface area contributed by atoms with Gasteiger partial charge in [0.25, 0.3) is 5.91 Å². The number of rotatable bonds is 1. The molecular weight excluding hydrogens is 279 g/mol. The summed E-state index contributed by atoms with van der Waals surface area (Å²) in [6.45, 7) is 0.166. The molecule has 98 valence electrons. The highest BCUT2D eigenvalue weighted by molar-refractivity contribution is 6.39. The number of carbonyl (C=O) groups is 1. The fourth-order valence-corrected chi connectivity index (χ4v) is 2.31. The van der Waals surface area contributed by atoms with Crippen LogP contribution in [0.25, 0.3) is 0 Å². The van der Waals surface area contributed by atoms with Gasteiger partial charge in [-0.3, -0.25) is 4.79 Å². The number of amides is 1. The smallest absolute Gasteiger partial charge is 0.254 e. The van der Waals surface area contributed by atoms with Crippen LogP contribution in [0.1, 0.15) is 10.4 Å². The Bertz CT molecular complexity index is 462. The third-order valence-corrected chi connectivity index (χ3v) is 3.50. The van der Waals surface area contributed by atoms with Crippen molar-refractivity contribution in [2.75, 3.05) is 18.8 Å². The third-order valence-electron chi connectivity index (χ3n) is 2.87. The number of nitrogens with zero attached hydrogens (tertiary/aromatic N) is 1. The third kappa shape index (κ3) is 2.40. The van der Waals surface area contributed by atoms with Crippen molar-refractivity contribution in [2.24, 2.45) is 0 Å². The van der Waals surface area contributed by atoms with Crippen LogP contribution in [0.2, 0.25) is 10.0 Å². The number of hydrogen-bond donors (Lipinski definition) is 3. The summed E-state index contributed by atoms with van der Waals surface area (Å²) in [4.78, 5) is 13.4. The molecule has 0 spiro atoms. The number of aliphatic hydroxyl groups excluding tert-OH is 2. The van der Waals surface area contributed by atoms with E-state index in [0.29, 0.717) is 0 Å². The van der Waals surface area contributed by atoms with Gasteiger partial charge in [-0.2, -0.15) is 0 Å². The minimum atomic E-state index is -0.923. The van der Waals surface area contributed by atoms with E-state index in [2.05, 4.69) is 0 Å². The number of aliphatic hydroxyl groups is 2. The molecular formula is C11H12Cl2N2O3. The van der Waals surface area contributed by atoms with Gasteiger partial charge in [0.1, 0.15) is 0 Å². The first-order valence-electron chi connectivity index (χ1n) is 5.30. The minimum absolute atomic E-state index is 0.0830. The summed E-state index contributed by atoms with van der Waals surface area (Å²) in [6.07, 6.45) is -1.85. The molecule has 0 aliphatic carbocycles. The molecule has 2 atom stereocenters. The van der Waals surface area contributed by atoms with Crippen molar-refractivity contribution in [3.8, 4) is 0 Å². The van der Waals surface area contributed by atoms with E-state index in [0.717, 1.165) is 0 Å². The predicted octanol–water partition coefficient (Wildman–Crippen LogP) is 0.753. The van der Waals surface area contributed by atoms with Crippen LogP contribution < -0.4 is 5.73 Å². The molecule has 0 saturated carbocycles. The summed E-state index contributed by atoms with van der Waals surface area (Å²) in [6, 6.07) is 2.84. The summed E-state index contributed by atoms with van der Waals surface area (Å²) in [5.74, 6) is -0.352. The number of halogens is 2. The molecule has 1 aromatic rings. The molecule has 18 heavy (non-hydrogen) atoms. The number of likely N-dealkylation sites (tertiary alicyclic amines) is 1. The van der Waals surface area contributed by atoms with Crippen molar-refractivity contribution < 1.29 is 15.0 Å². The van der Waals surface area contributed by atoms with Crippen LogP contribution in [-0.2, 0) is 0 Å².